The van der Waals surface area contributed by atoms with Crippen molar-refractivity contribution >= 4 is 27.6 Å². The monoisotopic (exact) mass is 435 g/mol. The van der Waals surface area contributed by atoms with Crippen LogP contribution < -0.4 is 11.1 Å². The molecule has 1 aromatic heterocycles. The fourth-order valence-electron chi connectivity index (χ4n) is 4.17. The molecule has 30 heavy (non-hydrogen) atoms. The molecule has 1 aromatic rings. The summed E-state index contributed by atoms with van der Waals surface area (Å²) in [5.74, 6) is -1.69. The first-order valence-electron chi connectivity index (χ1n) is 10.1. The Hall–Kier alpha value is -2.33. The molecule has 163 valence electrons. The third-order valence-electron chi connectivity index (χ3n) is 5.91. The highest BCUT2D eigenvalue weighted by molar-refractivity contribution is 7.89. The molecule has 2 aliphatic rings. The first kappa shape index (κ1) is 22.4. The molecule has 0 aromatic carbocycles. The molecule has 1 saturated heterocycles. The number of amides is 2. The van der Waals surface area contributed by atoms with E-state index in [4.69, 9.17) is 5.73 Å². The quantitative estimate of drug-likeness (QED) is 0.638. The molecule has 2 amide bonds. The Balaban J connectivity index is 1.91. The van der Waals surface area contributed by atoms with Crippen LogP contribution in [-0.4, -0.2) is 54.4 Å². The summed E-state index contributed by atoms with van der Waals surface area (Å²) >= 11 is 0. The van der Waals surface area contributed by atoms with Crippen molar-refractivity contribution in [1.82, 2.24) is 14.6 Å². The number of ketones is 1. The van der Waals surface area contributed by atoms with Gasteiger partial charge in [0.2, 0.25) is 11.8 Å². The summed E-state index contributed by atoms with van der Waals surface area (Å²) in [6.45, 7) is 0.541. The van der Waals surface area contributed by atoms with Crippen LogP contribution in [0.15, 0.2) is 29.4 Å². The Kier molecular flexibility index (Phi) is 6.87. The second-order valence-corrected chi connectivity index (χ2v) is 9.63. The number of carbonyl (C=O) groups is 3. The molecule has 1 atom stereocenters. The number of nitrogens with one attached hydrogen (secondary N) is 1. The number of pyridine rings is 1. The number of nitrogens with two attached hydrogens (primary N) is 1. The summed E-state index contributed by atoms with van der Waals surface area (Å²) in [5, 5.41) is 2.64. The molecule has 2 fully saturated rings. The number of sulfonamides is 1. The molecule has 0 spiro atoms. The lowest BCUT2D eigenvalue weighted by atomic mass is 9.80. The van der Waals surface area contributed by atoms with Gasteiger partial charge >= 0.3 is 0 Å². The zero-order chi connectivity index (χ0) is 21.8. The van der Waals surface area contributed by atoms with Crippen LogP contribution in [0.3, 0.4) is 0 Å². The van der Waals surface area contributed by atoms with E-state index in [9.17, 15) is 22.8 Å². The number of aromatic nitrogens is 1. The minimum Gasteiger partial charge on any atom is -0.369 e. The van der Waals surface area contributed by atoms with Crippen molar-refractivity contribution in [3.8, 4) is 0 Å². The minimum absolute atomic E-state index is 0.0165. The van der Waals surface area contributed by atoms with Crippen molar-refractivity contribution in [2.75, 3.05) is 13.1 Å². The normalized spacial score (nSPS) is 21.7. The van der Waals surface area contributed by atoms with Gasteiger partial charge in [-0.2, -0.15) is 8.42 Å². The molecular formula is C20H27N4O5S. The molecule has 0 unspecified atom stereocenters. The zero-order valence-corrected chi connectivity index (χ0v) is 17.6. The first-order valence-corrected chi connectivity index (χ1v) is 11.6. The van der Waals surface area contributed by atoms with Crippen molar-refractivity contribution in [1.29, 1.82) is 0 Å². The molecule has 3 N–H and O–H groups in total. The maximum Gasteiger partial charge on any atom is 0.284 e. The number of hydrogen-bond acceptors (Lipinski definition) is 7. The molecule has 1 aliphatic heterocycles. The predicted molar refractivity (Wildman–Crippen MR) is 108 cm³/mol. The standard InChI is InChI=1S/C20H27N4O5S/c21-19(27)20(9-2-3-10-20)11-8-18(26)24(15-6-5-12-22-14-16(15)25)30(28,29)17-7-1-4-13-23-17/h1,4,7-8,13,15,22H,2-3,5-6,9-12,14H2,(H2,21,27)/t15-/m0/s1. The van der Waals surface area contributed by atoms with E-state index in [2.05, 4.69) is 10.3 Å². The topological polar surface area (TPSA) is 140 Å². The van der Waals surface area contributed by atoms with Gasteiger partial charge in [0.25, 0.3) is 10.0 Å². The summed E-state index contributed by atoms with van der Waals surface area (Å²) < 4.78 is 27.2. The highest BCUT2D eigenvalue weighted by atomic mass is 32.2. The number of primary amides is 1. The SMILES string of the molecule is NC(=O)C1(C[CH]C(=O)N([C@H]2CCCNCC2=O)S(=O)(=O)c2ccccn2)CCCC1. The van der Waals surface area contributed by atoms with Crippen molar-refractivity contribution in [2.45, 2.75) is 56.0 Å². The van der Waals surface area contributed by atoms with Gasteiger partial charge in [-0.3, -0.25) is 14.4 Å². The summed E-state index contributed by atoms with van der Waals surface area (Å²) in [6.07, 6.45) is 6.10. The molecule has 2 heterocycles. The molecule has 9 nitrogen and oxygen atoms in total. The Labute approximate surface area is 176 Å². The summed E-state index contributed by atoms with van der Waals surface area (Å²) in [4.78, 5) is 41.7. The molecule has 0 bridgehead atoms. The van der Waals surface area contributed by atoms with Crippen LogP contribution in [0.4, 0.5) is 0 Å². The fourth-order valence-corrected chi connectivity index (χ4v) is 5.69. The Bertz CT molecular complexity index is 897. The molecule has 3 rings (SSSR count). The van der Waals surface area contributed by atoms with Crippen molar-refractivity contribution < 1.29 is 22.8 Å². The summed E-state index contributed by atoms with van der Waals surface area (Å²) in [6, 6.07) is 3.23. The van der Waals surface area contributed by atoms with Gasteiger partial charge in [0.15, 0.2) is 10.8 Å². The van der Waals surface area contributed by atoms with E-state index in [1.165, 1.54) is 24.8 Å². The second-order valence-electron chi connectivity index (χ2n) is 7.87. The van der Waals surface area contributed by atoms with Crippen molar-refractivity contribution in [3.63, 3.8) is 0 Å². The van der Waals surface area contributed by atoms with Crippen molar-refractivity contribution in [2.24, 2.45) is 11.1 Å². The van der Waals surface area contributed by atoms with Gasteiger partial charge in [-0.05, 0) is 50.8 Å². The van der Waals surface area contributed by atoms with Crippen LogP contribution in [-0.2, 0) is 24.4 Å². The molecular weight excluding hydrogens is 408 g/mol. The highest BCUT2D eigenvalue weighted by Crippen LogP contribution is 2.41. The second kappa shape index (κ2) is 9.22. The van der Waals surface area contributed by atoms with Crippen LogP contribution >= 0.6 is 0 Å². The van der Waals surface area contributed by atoms with E-state index in [0.29, 0.717) is 30.1 Å². The lowest BCUT2D eigenvalue weighted by Gasteiger charge is -2.30. The van der Waals surface area contributed by atoms with Crippen LogP contribution in [0.5, 0.6) is 0 Å². The molecule has 1 saturated carbocycles. The third-order valence-corrected chi connectivity index (χ3v) is 7.64. The Morgan fingerprint density at radius 2 is 2.00 bits per heavy atom. The summed E-state index contributed by atoms with van der Waals surface area (Å²) in [5.41, 5.74) is 4.74. The Morgan fingerprint density at radius 3 is 2.63 bits per heavy atom. The zero-order valence-electron chi connectivity index (χ0n) is 16.7. The van der Waals surface area contributed by atoms with Crippen LogP contribution in [0.25, 0.3) is 0 Å². The van der Waals surface area contributed by atoms with E-state index in [1.54, 1.807) is 6.07 Å². The maximum absolute atomic E-state index is 13.3. The predicted octanol–water partition coefficient (Wildman–Crippen LogP) is 0.560. The fraction of sp³-hybridized carbons (Fsp3) is 0.550. The van der Waals surface area contributed by atoms with Gasteiger partial charge < -0.3 is 11.1 Å². The lowest BCUT2D eigenvalue weighted by molar-refractivity contribution is -0.132. The number of carbonyl (C=O) groups excluding carboxylic acids is 3. The van der Waals surface area contributed by atoms with Gasteiger partial charge in [-0.1, -0.05) is 18.9 Å². The van der Waals surface area contributed by atoms with Gasteiger partial charge in [0.05, 0.1) is 13.0 Å². The maximum atomic E-state index is 13.3. The van der Waals surface area contributed by atoms with E-state index in [1.807, 2.05) is 0 Å². The van der Waals surface area contributed by atoms with Crippen LogP contribution in [0.2, 0.25) is 0 Å². The summed E-state index contributed by atoms with van der Waals surface area (Å²) in [7, 11) is -4.36. The van der Waals surface area contributed by atoms with E-state index in [-0.39, 0.29) is 30.2 Å². The lowest BCUT2D eigenvalue weighted by Crippen LogP contribution is -2.50. The molecule has 1 aliphatic carbocycles. The largest absolute Gasteiger partial charge is 0.369 e. The number of rotatable bonds is 7. The van der Waals surface area contributed by atoms with Gasteiger partial charge in [0.1, 0.15) is 6.04 Å². The first-order chi connectivity index (χ1) is 14.3. The average molecular weight is 436 g/mol. The third kappa shape index (κ3) is 4.54. The van der Waals surface area contributed by atoms with E-state index < -0.39 is 33.3 Å². The average Bonchev–Trinajstić information content (AvgIpc) is 3.13. The van der Waals surface area contributed by atoms with E-state index in [0.717, 1.165) is 12.8 Å². The smallest absolute Gasteiger partial charge is 0.284 e. The van der Waals surface area contributed by atoms with Gasteiger partial charge in [-0.25, -0.2) is 9.29 Å². The highest BCUT2D eigenvalue weighted by Gasteiger charge is 2.43. The Morgan fingerprint density at radius 1 is 1.27 bits per heavy atom. The van der Waals surface area contributed by atoms with E-state index >= 15 is 0 Å². The molecule has 1 radical (unpaired) electrons. The van der Waals surface area contributed by atoms with Crippen LogP contribution in [0, 0.1) is 11.8 Å². The minimum atomic E-state index is -4.36. The number of hydrogen-bond donors (Lipinski definition) is 2. The van der Waals surface area contributed by atoms with Gasteiger partial charge in [-0.15, -0.1) is 0 Å². The number of nitrogens with zero attached hydrogens (tertiary/aromatic N) is 2. The number of Topliss-reactive ketones (excluding diaryl/α,β-unsaturated/α-hetero) is 1. The van der Waals surface area contributed by atoms with Crippen molar-refractivity contribution in [3.05, 3.63) is 30.8 Å². The van der Waals surface area contributed by atoms with Gasteiger partial charge in [0, 0.05) is 11.6 Å². The van der Waals surface area contributed by atoms with Crippen LogP contribution in [0.1, 0.15) is 44.9 Å². The molecule has 10 heteroatoms.